The van der Waals surface area contributed by atoms with Crippen LogP contribution in [0.2, 0.25) is 0 Å². The second-order valence-corrected chi connectivity index (χ2v) is 5.02. The number of aromatic nitrogens is 2. The molecule has 5 nitrogen and oxygen atoms in total. The molecule has 0 spiro atoms. The van der Waals surface area contributed by atoms with Crippen LogP contribution in [0.4, 0.5) is 10.1 Å². The zero-order chi connectivity index (χ0) is 14.3. The van der Waals surface area contributed by atoms with Crippen molar-refractivity contribution in [2.75, 3.05) is 4.90 Å². The fourth-order valence-electron chi connectivity index (χ4n) is 2.06. The van der Waals surface area contributed by atoms with Gasteiger partial charge in [0.1, 0.15) is 11.6 Å². The molecule has 0 saturated heterocycles. The van der Waals surface area contributed by atoms with Crippen molar-refractivity contribution in [1.29, 1.82) is 0 Å². The number of hydrogen-bond donors (Lipinski definition) is 0. The van der Waals surface area contributed by atoms with Crippen molar-refractivity contribution < 1.29 is 14.0 Å². The fraction of sp³-hybridized carbons (Fsp3) is 0.0769. The van der Waals surface area contributed by atoms with Gasteiger partial charge in [-0.3, -0.25) is 14.5 Å². The van der Waals surface area contributed by atoms with Crippen LogP contribution in [0.25, 0.3) is 0 Å². The zero-order valence-corrected chi connectivity index (χ0v) is 11.6. The summed E-state index contributed by atoms with van der Waals surface area (Å²) in [5.74, 6) is -1.61. The van der Waals surface area contributed by atoms with E-state index in [4.69, 9.17) is 0 Å². The van der Waals surface area contributed by atoms with E-state index in [2.05, 4.69) is 25.9 Å². The number of anilines is 1. The molecule has 0 N–H and O–H groups in total. The highest BCUT2D eigenvalue weighted by atomic mass is 79.9. The Morgan fingerprint density at radius 2 is 1.90 bits per heavy atom. The molecule has 1 aliphatic rings. The maximum atomic E-state index is 13.3. The van der Waals surface area contributed by atoms with E-state index in [0.717, 1.165) is 6.07 Å². The number of hydrogen-bond acceptors (Lipinski definition) is 4. The maximum Gasteiger partial charge on any atom is 0.299 e. The van der Waals surface area contributed by atoms with Gasteiger partial charge in [0.05, 0.1) is 17.8 Å². The van der Waals surface area contributed by atoms with Crippen LogP contribution in [0.15, 0.2) is 35.1 Å². The van der Waals surface area contributed by atoms with E-state index >= 15 is 0 Å². The summed E-state index contributed by atoms with van der Waals surface area (Å²) in [5.41, 5.74) is 0.409. The second-order valence-electron chi connectivity index (χ2n) is 4.17. The molecule has 2 aromatic rings. The number of carbonyl (C=O) groups excluding carboxylic acids is 2. The SMILES string of the molecule is O=C1C(=O)N(Cc2ncccn2)c2c(Br)cc(F)cc21. The number of Topliss-reactive ketones (excluding diaryl/α,β-unsaturated/α-hetero) is 1. The smallest absolute Gasteiger partial charge is 0.296 e. The van der Waals surface area contributed by atoms with Gasteiger partial charge >= 0.3 is 0 Å². The van der Waals surface area contributed by atoms with Crippen molar-refractivity contribution in [3.63, 3.8) is 0 Å². The molecule has 0 bridgehead atoms. The number of fused-ring (bicyclic) bond motifs is 1. The number of carbonyl (C=O) groups is 2. The summed E-state index contributed by atoms with van der Waals surface area (Å²) in [6, 6.07) is 3.93. The van der Waals surface area contributed by atoms with Crippen LogP contribution in [0.1, 0.15) is 16.2 Å². The number of halogens is 2. The Bertz CT molecular complexity index is 721. The topological polar surface area (TPSA) is 63.2 Å². The van der Waals surface area contributed by atoms with E-state index in [-0.39, 0.29) is 12.1 Å². The van der Waals surface area contributed by atoms with Crippen LogP contribution >= 0.6 is 15.9 Å². The van der Waals surface area contributed by atoms with Gasteiger partial charge in [0, 0.05) is 16.9 Å². The molecule has 0 unspecified atom stereocenters. The van der Waals surface area contributed by atoms with Gasteiger partial charge < -0.3 is 0 Å². The van der Waals surface area contributed by atoms with E-state index in [9.17, 15) is 14.0 Å². The lowest BCUT2D eigenvalue weighted by Gasteiger charge is -2.16. The lowest BCUT2D eigenvalue weighted by Crippen LogP contribution is -2.30. The van der Waals surface area contributed by atoms with Crippen molar-refractivity contribution in [2.24, 2.45) is 0 Å². The second kappa shape index (κ2) is 4.75. The van der Waals surface area contributed by atoms with Crippen molar-refractivity contribution in [3.8, 4) is 0 Å². The highest BCUT2D eigenvalue weighted by Gasteiger charge is 2.38. The van der Waals surface area contributed by atoms with Gasteiger partial charge in [0.2, 0.25) is 0 Å². The largest absolute Gasteiger partial charge is 0.299 e. The van der Waals surface area contributed by atoms with Crippen LogP contribution in [-0.2, 0) is 11.3 Å². The van der Waals surface area contributed by atoms with E-state index in [1.165, 1.54) is 11.0 Å². The van der Waals surface area contributed by atoms with Gasteiger partial charge in [-0.05, 0) is 34.1 Å². The number of nitrogens with zero attached hydrogens (tertiary/aromatic N) is 3. The average molecular weight is 336 g/mol. The first-order valence-electron chi connectivity index (χ1n) is 5.69. The summed E-state index contributed by atoms with van der Waals surface area (Å²) >= 11 is 3.18. The van der Waals surface area contributed by atoms with Crippen LogP contribution in [-0.4, -0.2) is 21.7 Å². The molecule has 1 aliphatic heterocycles. The molecule has 20 heavy (non-hydrogen) atoms. The number of benzene rings is 1. The van der Waals surface area contributed by atoms with E-state index in [1.54, 1.807) is 18.5 Å². The van der Waals surface area contributed by atoms with Gasteiger partial charge in [0.25, 0.3) is 11.7 Å². The third-order valence-electron chi connectivity index (χ3n) is 2.90. The molecule has 0 fully saturated rings. The minimum Gasteiger partial charge on any atom is -0.296 e. The van der Waals surface area contributed by atoms with E-state index in [0.29, 0.717) is 16.0 Å². The molecule has 1 amide bonds. The summed E-state index contributed by atoms with van der Waals surface area (Å²) in [5, 5.41) is 0. The molecular weight excluding hydrogens is 329 g/mol. The quantitative estimate of drug-likeness (QED) is 0.788. The molecule has 7 heteroatoms. The Morgan fingerprint density at radius 3 is 2.60 bits per heavy atom. The Labute approximate surface area is 121 Å². The van der Waals surface area contributed by atoms with Crippen molar-refractivity contribution >= 4 is 33.3 Å². The van der Waals surface area contributed by atoms with Gasteiger partial charge in [-0.15, -0.1) is 0 Å². The predicted octanol–water partition coefficient (Wildman–Crippen LogP) is 2.11. The number of ketones is 1. The molecule has 3 rings (SSSR count). The minimum absolute atomic E-state index is 0.0535. The van der Waals surface area contributed by atoms with Crippen molar-refractivity contribution in [1.82, 2.24) is 9.97 Å². The highest BCUT2D eigenvalue weighted by Crippen LogP contribution is 2.37. The Kier molecular flexibility index (Phi) is 3.06. The minimum atomic E-state index is -0.726. The van der Waals surface area contributed by atoms with E-state index in [1.807, 2.05) is 0 Å². The Morgan fingerprint density at radius 1 is 1.20 bits per heavy atom. The summed E-state index contributed by atoms with van der Waals surface area (Å²) in [4.78, 5) is 33.2. The monoisotopic (exact) mass is 335 g/mol. The lowest BCUT2D eigenvalue weighted by atomic mass is 10.1. The van der Waals surface area contributed by atoms with Crippen LogP contribution in [0, 0.1) is 5.82 Å². The summed E-state index contributed by atoms with van der Waals surface area (Å²) < 4.78 is 13.7. The number of rotatable bonds is 2. The van der Waals surface area contributed by atoms with E-state index < -0.39 is 17.5 Å². The van der Waals surface area contributed by atoms with Gasteiger partial charge in [-0.25, -0.2) is 14.4 Å². The lowest BCUT2D eigenvalue weighted by molar-refractivity contribution is -0.114. The molecule has 100 valence electrons. The normalized spacial score (nSPS) is 13.8. The zero-order valence-electron chi connectivity index (χ0n) is 10.0. The maximum absolute atomic E-state index is 13.3. The fourth-order valence-corrected chi connectivity index (χ4v) is 2.70. The average Bonchev–Trinajstić information content (AvgIpc) is 2.65. The molecule has 1 aromatic heterocycles. The van der Waals surface area contributed by atoms with Crippen LogP contribution < -0.4 is 4.90 Å². The third-order valence-corrected chi connectivity index (χ3v) is 3.51. The third kappa shape index (κ3) is 2.00. The highest BCUT2D eigenvalue weighted by molar-refractivity contribution is 9.10. The molecule has 0 atom stereocenters. The molecule has 2 heterocycles. The standard InChI is InChI=1S/C13H7BrFN3O2/c14-9-5-7(15)4-8-11(9)18(13(20)12(8)19)6-10-16-2-1-3-17-10/h1-5H,6H2. The summed E-state index contributed by atoms with van der Waals surface area (Å²) in [6.07, 6.45) is 3.09. The molecule has 1 aromatic carbocycles. The molecule has 0 aliphatic carbocycles. The molecule has 0 radical (unpaired) electrons. The first-order chi connectivity index (χ1) is 9.58. The molecular formula is C13H7BrFN3O2. The van der Waals surface area contributed by atoms with Gasteiger partial charge in [0.15, 0.2) is 0 Å². The Hall–Kier alpha value is -2.15. The van der Waals surface area contributed by atoms with Gasteiger partial charge in [-0.1, -0.05) is 0 Å². The summed E-state index contributed by atoms with van der Waals surface area (Å²) in [6.45, 7) is 0.0582. The van der Waals surface area contributed by atoms with Crippen molar-refractivity contribution in [2.45, 2.75) is 6.54 Å². The Balaban J connectivity index is 2.07. The predicted molar refractivity (Wildman–Crippen MR) is 71.7 cm³/mol. The molecule has 0 saturated carbocycles. The van der Waals surface area contributed by atoms with Crippen LogP contribution in [0.3, 0.4) is 0 Å². The van der Waals surface area contributed by atoms with Crippen molar-refractivity contribution in [3.05, 3.63) is 52.3 Å². The number of amides is 1. The first kappa shape index (κ1) is 12.9. The first-order valence-corrected chi connectivity index (χ1v) is 6.48. The van der Waals surface area contributed by atoms with Crippen LogP contribution in [0.5, 0.6) is 0 Å². The summed E-state index contributed by atoms with van der Waals surface area (Å²) in [7, 11) is 0. The van der Waals surface area contributed by atoms with Gasteiger partial charge in [-0.2, -0.15) is 0 Å².